The predicted octanol–water partition coefficient (Wildman–Crippen LogP) is 6.43. The Labute approximate surface area is 198 Å². The number of hydrogen-bond acceptors (Lipinski definition) is 5. The second kappa shape index (κ2) is 9.59. The molecule has 1 aromatic carbocycles. The Morgan fingerprint density at radius 1 is 1.15 bits per heavy atom. The van der Waals surface area contributed by atoms with E-state index in [0.29, 0.717) is 11.7 Å². The molecule has 1 amide bonds. The summed E-state index contributed by atoms with van der Waals surface area (Å²) in [4.78, 5) is 17.3. The number of ether oxygens (including phenoxy) is 2. The van der Waals surface area contributed by atoms with Crippen molar-refractivity contribution in [3.63, 3.8) is 0 Å². The number of carbonyl (C=O) groups excluding carboxylic acids is 1. The first-order valence-corrected chi connectivity index (χ1v) is 12.8. The van der Waals surface area contributed by atoms with E-state index in [1.807, 2.05) is 37.3 Å². The number of hydrogen-bond donors (Lipinski definition) is 1. The van der Waals surface area contributed by atoms with Crippen LogP contribution in [0.25, 0.3) is 22.0 Å². The molecule has 2 heterocycles. The molecule has 2 fully saturated rings. The first-order chi connectivity index (χ1) is 16.1. The van der Waals surface area contributed by atoms with Gasteiger partial charge in [0.05, 0.1) is 24.2 Å². The minimum absolute atomic E-state index is 0.271. The van der Waals surface area contributed by atoms with E-state index >= 15 is 0 Å². The maximum absolute atomic E-state index is 12.3. The summed E-state index contributed by atoms with van der Waals surface area (Å²) in [5, 5.41) is 5.98. The van der Waals surface area contributed by atoms with Crippen LogP contribution in [-0.2, 0) is 6.54 Å². The molecule has 5 rings (SSSR count). The van der Waals surface area contributed by atoms with Gasteiger partial charge >= 0.3 is 6.09 Å². The third kappa shape index (κ3) is 5.08. The maximum Gasteiger partial charge on any atom is 0.412 e. The smallest absolute Gasteiger partial charge is 0.412 e. The number of carbonyl (C=O) groups is 1. The highest BCUT2D eigenvalue weighted by Crippen LogP contribution is 2.36. The Morgan fingerprint density at radius 2 is 1.91 bits per heavy atom. The van der Waals surface area contributed by atoms with Gasteiger partial charge in [0.1, 0.15) is 10.8 Å². The van der Waals surface area contributed by atoms with Gasteiger partial charge in [-0.3, -0.25) is 0 Å². The van der Waals surface area contributed by atoms with Crippen molar-refractivity contribution in [2.24, 2.45) is 5.92 Å². The SMILES string of the molecule is COc1ccc(-c2nc(-c3cc(OC(=O)NC4CC4)c(C)n3CC3CCCCC3)cs2)cc1. The lowest BCUT2D eigenvalue weighted by Crippen LogP contribution is -2.28. The van der Waals surface area contributed by atoms with E-state index < -0.39 is 0 Å². The van der Waals surface area contributed by atoms with Crippen LogP contribution in [0.2, 0.25) is 0 Å². The maximum atomic E-state index is 12.3. The van der Waals surface area contributed by atoms with Crippen molar-refractivity contribution >= 4 is 17.4 Å². The summed E-state index contributed by atoms with van der Waals surface area (Å²) in [5.74, 6) is 2.10. The normalized spacial score (nSPS) is 16.5. The summed E-state index contributed by atoms with van der Waals surface area (Å²) < 4.78 is 13.3. The minimum atomic E-state index is -0.362. The summed E-state index contributed by atoms with van der Waals surface area (Å²) >= 11 is 1.63. The van der Waals surface area contributed by atoms with Crippen molar-refractivity contribution < 1.29 is 14.3 Å². The first kappa shape index (κ1) is 22.0. The Kier molecular flexibility index (Phi) is 6.40. The molecule has 0 spiro atoms. The van der Waals surface area contributed by atoms with Crippen molar-refractivity contribution in [1.29, 1.82) is 0 Å². The Morgan fingerprint density at radius 3 is 2.61 bits per heavy atom. The molecule has 2 aromatic heterocycles. The number of methoxy groups -OCH3 is 1. The van der Waals surface area contributed by atoms with Crippen molar-refractivity contribution in [2.75, 3.05) is 7.11 Å². The molecule has 2 aliphatic carbocycles. The van der Waals surface area contributed by atoms with Crippen molar-refractivity contribution in [3.8, 4) is 33.5 Å². The average Bonchev–Trinajstić information content (AvgIpc) is 3.42. The molecule has 0 unspecified atom stereocenters. The van der Waals surface area contributed by atoms with Gasteiger partial charge in [-0.2, -0.15) is 0 Å². The molecule has 33 heavy (non-hydrogen) atoms. The van der Waals surface area contributed by atoms with Crippen LogP contribution in [0.1, 0.15) is 50.6 Å². The molecule has 2 saturated carbocycles. The summed E-state index contributed by atoms with van der Waals surface area (Å²) in [6.07, 6.45) is 8.15. The molecule has 2 aliphatic rings. The van der Waals surface area contributed by atoms with Crippen LogP contribution in [-0.4, -0.2) is 28.8 Å². The molecule has 0 aliphatic heterocycles. The lowest BCUT2D eigenvalue weighted by Gasteiger charge is -2.24. The van der Waals surface area contributed by atoms with Crippen LogP contribution < -0.4 is 14.8 Å². The molecule has 0 atom stereocenters. The Bertz CT molecular complexity index is 1110. The van der Waals surface area contributed by atoms with E-state index in [1.54, 1.807) is 18.4 Å². The van der Waals surface area contributed by atoms with Crippen molar-refractivity contribution in [1.82, 2.24) is 14.9 Å². The van der Waals surface area contributed by atoms with Crippen molar-refractivity contribution in [3.05, 3.63) is 41.4 Å². The second-order valence-electron chi connectivity index (χ2n) is 9.17. The first-order valence-electron chi connectivity index (χ1n) is 11.9. The van der Waals surface area contributed by atoms with Gasteiger partial charge in [0.15, 0.2) is 5.75 Å². The molecule has 0 saturated heterocycles. The van der Waals surface area contributed by atoms with E-state index in [1.165, 1.54) is 32.1 Å². The number of benzene rings is 1. The number of amides is 1. The van der Waals surface area contributed by atoms with E-state index in [2.05, 4.69) is 15.3 Å². The number of thiazole rings is 1. The zero-order valence-electron chi connectivity index (χ0n) is 19.3. The third-order valence-electron chi connectivity index (χ3n) is 6.69. The van der Waals surface area contributed by atoms with E-state index in [-0.39, 0.29) is 12.1 Å². The van der Waals surface area contributed by atoms with Crippen molar-refractivity contribution in [2.45, 2.75) is 64.5 Å². The van der Waals surface area contributed by atoms with Gasteiger partial charge in [-0.15, -0.1) is 11.3 Å². The number of nitrogens with one attached hydrogen (secondary N) is 1. The summed E-state index contributed by atoms with van der Waals surface area (Å²) in [6.45, 7) is 2.98. The third-order valence-corrected chi connectivity index (χ3v) is 7.58. The van der Waals surface area contributed by atoms with Crippen LogP contribution in [0.5, 0.6) is 11.5 Å². The zero-order chi connectivity index (χ0) is 22.8. The van der Waals surface area contributed by atoms with Gasteiger partial charge < -0.3 is 19.4 Å². The van der Waals surface area contributed by atoms with Crippen LogP contribution in [0.3, 0.4) is 0 Å². The van der Waals surface area contributed by atoms with Gasteiger partial charge in [0.2, 0.25) is 0 Å². The van der Waals surface area contributed by atoms with Gasteiger partial charge in [0.25, 0.3) is 0 Å². The molecular weight excluding hydrogens is 434 g/mol. The largest absolute Gasteiger partial charge is 0.497 e. The van der Waals surface area contributed by atoms with Crippen LogP contribution in [0, 0.1) is 12.8 Å². The number of rotatable bonds is 7. The molecule has 3 aromatic rings. The summed E-state index contributed by atoms with van der Waals surface area (Å²) in [7, 11) is 1.67. The summed E-state index contributed by atoms with van der Waals surface area (Å²) in [5.41, 5.74) is 3.99. The molecule has 174 valence electrons. The second-order valence-corrected chi connectivity index (χ2v) is 10.0. The van der Waals surface area contributed by atoms with E-state index in [9.17, 15) is 4.79 Å². The quantitative estimate of drug-likeness (QED) is 0.437. The average molecular weight is 466 g/mol. The molecular formula is C26H31N3O3S. The van der Waals surface area contributed by atoms with Gasteiger partial charge in [-0.1, -0.05) is 19.3 Å². The van der Waals surface area contributed by atoms with Crippen LogP contribution in [0.15, 0.2) is 35.7 Å². The standard InChI is InChI=1S/C26H31N3O3S/c1-17-24(32-26(30)27-20-10-11-20)14-23(29(17)15-18-6-4-3-5-7-18)22-16-33-25(28-22)19-8-12-21(31-2)13-9-19/h8-9,12-14,16,18,20H,3-7,10-11,15H2,1-2H3,(H,27,30). The molecule has 1 N–H and O–H groups in total. The molecule has 7 heteroatoms. The highest BCUT2D eigenvalue weighted by atomic mass is 32.1. The van der Waals surface area contributed by atoms with Crippen LogP contribution in [0.4, 0.5) is 4.79 Å². The molecule has 0 radical (unpaired) electrons. The fourth-order valence-electron chi connectivity index (χ4n) is 4.58. The lowest BCUT2D eigenvalue weighted by atomic mass is 9.89. The number of nitrogens with zero attached hydrogens (tertiary/aromatic N) is 2. The predicted molar refractivity (Wildman–Crippen MR) is 131 cm³/mol. The van der Waals surface area contributed by atoms with Gasteiger partial charge in [-0.25, -0.2) is 9.78 Å². The molecule has 6 nitrogen and oxygen atoms in total. The van der Waals surface area contributed by atoms with Gasteiger partial charge in [-0.05, 0) is 62.8 Å². The Balaban J connectivity index is 1.44. The molecule has 0 bridgehead atoms. The topological polar surface area (TPSA) is 65.4 Å². The van der Waals surface area contributed by atoms with E-state index in [4.69, 9.17) is 14.5 Å². The monoisotopic (exact) mass is 465 g/mol. The van der Waals surface area contributed by atoms with E-state index in [0.717, 1.165) is 52.8 Å². The number of aromatic nitrogens is 2. The minimum Gasteiger partial charge on any atom is -0.497 e. The highest BCUT2D eigenvalue weighted by Gasteiger charge is 2.26. The van der Waals surface area contributed by atoms with Gasteiger partial charge in [0, 0.05) is 29.6 Å². The highest BCUT2D eigenvalue weighted by molar-refractivity contribution is 7.13. The van der Waals surface area contributed by atoms with Crippen LogP contribution >= 0.6 is 11.3 Å². The lowest BCUT2D eigenvalue weighted by molar-refractivity contribution is 0.199. The fraction of sp³-hybridized carbons (Fsp3) is 0.462. The Hall–Kier alpha value is -2.80. The fourth-order valence-corrected chi connectivity index (χ4v) is 5.40. The zero-order valence-corrected chi connectivity index (χ0v) is 20.1. The summed E-state index contributed by atoms with van der Waals surface area (Å²) in [6, 6.07) is 10.2.